The number of hydrogen-bond donors (Lipinski definition) is 2. The number of pyridine rings is 1. The van der Waals surface area contributed by atoms with Gasteiger partial charge in [-0.05, 0) is 37.2 Å². The third-order valence-corrected chi connectivity index (χ3v) is 7.77. The van der Waals surface area contributed by atoms with E-state index in [1.165, 1.54) is 24.6 Å². The molecule has 1 saturated heterocycles. The molecule has 1 atom stereocenters. The van der Waals surface area contributed by atoms with Crippen LogP contribution in [0.15, 0.2) is 28.4 Å². The van der Waals surface area contributed by atoms with Crippen LogP contribution < -0.4 is 16.4 Å². The standard InChI is InChI=1S/C18H22Cl2N6S/c19-14-11(3-7-23-15(14)20)27-17-16(22)25-13(10-24-17)26-8-5-18(6-9-26)4-1-2-12(18)21/h3,7,10,12H,1-2,4-6,8-9,21H2,(H2,22,25). The van der Waals surface area contributed by atoms with Crippen molar-refractivity contribution in [1.29, 1.82) is 0 Å². The molecule has 1 aliphatic carbocycles. The summed E-state index contributed by atoms with van der Waals surface area (Å²) >= 11 is 13.5. The van der Waals surface area contributed by atoms with E-state index in [1.807, 2.05) is 0 Å². The van der Waals surface area contributed by atoms with E-state index < -0.39 is 0 Å². The van der Waals surface area contributed by atoms with Crippen LogP contribution >= 0.6 is 35.0 Å². The summed E-state index contributed by atoms with van der Waals surface area (Å²) in [5.41, 5.74) is 12.9. The summed E-state index contributed by atoms with van der Waals surface area (Å²) in [4.78, 5) is 16.0. The Morgan fingerprint density at radius 1 is 1.19 bits per heavy atom. The lowest BCUT2D eigenvalue weighted by molar-refractivity contribution is 0.197. The second kappa shape index (κ2) is 7.62. The van der Waals surface area contributed by atoms with E-state index in [4.69, 9.17) is 34.7 Å². The average molecular weight is 425 g/mol. The van der Waals surface area contributed by atoms with Crippen LogP contribution in [0.25, 0.3) is 0 Å². The van der Waals surface area contributed by atoms with E-state index >= 15 is 0 Å². The van der Waals surface area contributed by atoms with Crippen LogP contribution in [0.4, 0.5) is 11.6 Å². The van der Waals surface area contributed by atoms with Gasteiger partial charge in [-0.25, -0.2) is 15.0 Å². The van der Waals surface area contributed by atoms with Crippen LogP contribution in [0.2, 0.25) is 10.2 Å². The molecule has 0 amide bonds. The number of nitrogens with two attached hydrogens (primary N) is 2. The Morgan fingerprint density at radius 3 is 2.63 bits per heavy atom. The van der Waals surface area contributed by atoms with Gasteiger partial charge in [-0.15, -0.1) is 0 Å². The first-order valence-electron chi connectivity index (χ1n) is 9.09. The molecule has 4 N–H and O–H groups in total. The number of piperidine rings is 1. The second-order valence-corrected chi connectivity index (χ2v) is 9.05. The molecule has 2 fully saturated rings. The maximum Gasteiger partial charge on any atom is 0.158 e. The van der Waals surface area contributed by atoms with Gasteiger partial charge in [0.25, 0.3) is 0 Å². The zero-order chi connectivity index (χ0) is 19.0. The second-order valence-electron chi connectivity index (χ2n) is 7.28. The Kier molecular flexibility index (Phi) is 5.38. The number of nitrogen functional groups attached to an aromatic ring is 1. The highest BCUT2D eigenvalue weighted by Gasteiger charge is 2.43. The monoisotopic (exact) mass is 424 g/mol. The van der Waals surface area contributed by atoms with E-state index in [-0.39, 0.29) is 5.15 Å². The molecule has 1 spiro atoms. The first-order chi connectivity index (χ1) is 13.0. The summed E-state index contributed by atoms with van der Waals surface area (Å²) in [5.74, 6) is 1.21. The molecule has 6 nitrogen and oxygen atoms in total. The summed E-state index contributed by atoms with van der Waals surface area (Å²) in [6.07, 6.45) is 9.25. The smallest absolute Gasteiger partial charge is 0.158 e. The van der Waals surface area contributed by atoms with Crippen molar-refractivity contribution in [1.82, 2.24) is 15.0 Å². The van der Waals surface area contributed by atoms with Crippen molar-refractivity contribution in [2.75, 3.05) is 23.7 Å². The fourth-order valence-electron chi connectivity index (χ4n) is 4.17. The van der Waals surface area contributed by atoms with Crippen LogP contribution in [0.5, 0.6) is 0 Å². The van der Waals surface area contributed by atoms with Gasteiger partial charge >= 0.3 is 0 Å². The van der Waals surface area contributed by atoms with E-state index in [9.17, 15) is 0 Å². The molecule has 27 heavy (non-hydrogen) atoms. The normalized spacial score (nSPS) is 21.7. The Hall–Kier alpha value is -1.28. The lowest BCUT2D eigenvalue weighted by Gasteiger charge is -2.42. The van der Waals surface area contributed by atoms with Crippen molar-refractivity contribution in [3.63, 3.8) is 0 Å². The van der Waals surface area contributed by atoms with Gasteiger partial charge in [0.05, 0.1) is 11.2 Å². The summed E-state index contributed by atoms with van der Waals surface area (Å²) < 4.78 is 0. The van der Waals surface area contributed by atoms with Crippen molar-refractivity contribution >= 4 is 46.6 Å². The molecule has 0 bridgehead atoms. The van der Waals surface area contributed by atoms with Gasteiger partial charge in [0.1, 0.15) is 16.0 Å². The Balaban J connectivity index is 1.47. The minimum Gasteiger partial charge on any atom is -0.381 e. The number of nitrogens with zero attached hydrogens (tertiary/aromatic N) is 4. The fourth-order valence-corrected chi connectivity index (χ4v) is 5.39. The highest BCUT2D eigenvalue weighted by Crippen LogP contribution is 2.46. The van der Waals surface area contributed by atoms with Gasteiger partial charge in [-0.2, -0.15) is 0 Å². The third kappa shape index (κ3) is 3.70. The molecule has 3 heterocycles. The summed E-state index contributed by atoms with van der Waals surface area (Å²) in [6, 6.07) is 2.12. The topological polar surface area (TPSA) is 94.0 Å². The highest BCUT2D eigenvalue weighted by atomic mass is 35.5. The quantitative estimate of drug-likeness (QED) is 0.718. The minimum atomic E-state index is 0.261. The van der Waals surface area contributed by atoms with Crippen molar-refractivity contribution < 1.29 is 0 Å². The number of hydrogen-bond acceptors (Lipinski definition) is 7. The zero-order valence-electron chi connectivity index (χ0n) is 14.9. The van der Waals surface area contributed by atoms with Crippen LogP contribution in [-0.4, -0.2) is 34.1 Å². The van der Waals surface area contributed by atoms with Gasteiger partial charge < -0.3 is 16.4 Å². The number of anilines is 2. The molecule has 0 radical (unpaired) electrons. The van der Waals surface area contributed by atoms with E-state index in [2.05, 4.69) is 19.9 Å². The van der Waals surface area contributed by atoms with Gasteiger partial charge in [0, 0.05) is 30.2 Å². The molecule has 9 heteroatoms. The molecule has 1 saturated carbocycles. The molecular formula is C18H22Cl2N6S. The molecule has 4 rings (SSSR count). The molecule has 144 valence electrons. The number of aromatic nitrogens is 3. The SMILES string of the molecule is Nc1nc(N2CCC3(CCCC3N)CC2)cnc1Sc1ccnc(Cl)c1Cl. The van der Waals surface area contributed by atoms with Crippen LogP contribution in [0, 0.1) is 5.41 Å². The fraction of sp³-hybridized carbons (Fsp3) is 0.500. The van der Waals surface area contributed by atoms with Crippen LogP contribution in [0.1, 0.15) is 32.1 Å². The summed E-state index contributed by atoms with van der Waals surface area (Å²) in [6.45, 7) is 1.89. The Labute approximate surface area is 173 Å². The number of rotatable bonds is 3. The van der Waals surface area contributed by atoms with E-state index in [1.54, 1.807) is 18.5 Å². The van der Waals surface area contributed by atoms with Gasteiger partial charge in [0.2, 0.25) is 0 Å². The Bertz CT molecular complexity index is 841. The number of halogens is 2. The van der Waals surface area contributed by atoms with Crippen molar-refractivity contribution in [3.8, 4) is 0 Å². The molecule has 2 aliphatic rings. The van der Waals surface area contributed by atoms with Crippen molar-refractivity contribution in [2.24, 2.45) is 11.1 Å². The first-order valence-corrected chi connectivity index (χ1v) is 10.7. The largest absolute Gasteiger partial charge is 0.381 e. The van der Waals surface area contributed by atoms with Gasteiger partial charge in [0.15, 0.2) is 5.82 Å². The van der Waals surface area contributed by atoms with Crippen LogP contribution in [-0.2, 0) is 0 Å². The molecule has 1 unspecified atom stereocenters. The van der Waals surface area contributed by atoms with Gasteiger partial charge in [-0.3, -0.25) is 0 Å². The first kappa shape index (κ1) is 19.1. The van der Waals surface area contributed by atoms with Crippen molar-refractivity contribution in [3.05, 3.63) is 28.6 Å². The minimum absolute atomic E-state index is 0.261. The molecule has 1 aliphatic heterocycles. The maximum atomic E-state index is 6.37. The summed E-state index contributed by atoms with van der Waals surface area (Å²) in [7, 11) is 0. The van der Waals surface area contributed by atoms with Crippen LogP contribution in [0.3, 0.4) is 0 Å². The third-order valence-electron chi connectivity index (χ3n) is 5.83. The lowest BCUT2D eigenvalue weighted by atomic mass is 9.74. The molecular weight excluding hydrogens is 403 g/mol. The van der Waals surface area contributed by atoms with Gasteiger partial charge in [-0.1, -0.05) is 41.4 Å². The molecule has 2 aromatic rings. The highest BCUT2D eigenvalue weighted by molar-refractivity contribution is 7.99. The molecule has 0 aromatic carbocycles. The predicted molar refractivity (Wildman–Crippen MR) is 111 cm³/mol. The van der Waals surface area contributed by atoms with E-state index in [0.29, 0.717) is 27.3 Å². The Morgan fingerprint density at radius 2 is 1.96 bits per heavy atom. The predicted octanol–water partition coefficient (Wildman–Crippen LogP) is 4.01. The van der Waals surface area contributed by atoms with Crippen molar-refractivity contribution in [2.45, 2.75) is 48.1 Å². The zero-order valence-corrected chi connectivity index (χ0v) is 17.2. The van der Waals surface area contributed by atoms with E-state index in [0.717, 1.165) is 43.1 Å². The lowest BCUT2D eigenvalue weighted by Crippen LogP contribution is -2.47. The summed E-state index contributed by atoms with van der Waals surface area (Å²) in [5, 5.41) is 1.26. The molecule has 2 aromatic heterocycles. The average Bonchev–Trinajstić information content (AvgIpc) is 3.01. The maximum absolute atomic E-state index is 6.37.